The van der Waals surface area contributed by atoms with Crippen LogP contribution in [0.5, 0.6) is 0 Å². The second kappa shape index (κ2) is 5.30. The van der Waals surface area contributed by atoms with Crippen LogP contribution in [0.25, 0.3) is 0 Å². The van der Waals surface area contributed by atoms with Crippen molar-refractivity contribution in [1.82, 2.24) is 0 Å². The van der Waals surface area contributed by atoms with Crippen LogP contribution in [0, 0.1) is 6.92 Å². The standard InChI is InChI=1S/C13H16O5S/c1-9-2-3-11(8-12(9)13(14)15)19(16,17)10-4-6-18-7-5-10/h2-3,8,10H,4-7H2,1H3,(H,14,15). The lowest BCUT2D eigenvalue weighted by Gasteiger charge is -2.22. The van der Waals surface area contributed by atoms with Crippen molar-refractivity contribution in [3.8, 4) is 0 Å². The Balaban J connectivity index is 2.40. The van der Waals surface area contributed by atoms with E-state index in [2.05, 4.69) is 0 Å². The first-order valence-corrected chi connectivity index (χ1v) is 7.63. The summed E-state index contributed by atoms with van der Waals surface area (Å²) in [5.74, 6) is -1.11. The maximum atomic E-state index is 12.4. The number of carboxylic acid groups (broad SMARTS) is 1. The maximum Gasteiger partial charge on any atom is 0.335 e. The van der Waals surface area contributed by atoms with E-state index in [1.807, 2.05) is 0 Å². The van der Waals surface area contributed by atoms with Gasteiger partial charge in [0.25, 0.3) is 0 Å². The van der Waals surface area contributed by atoms with Crippen LogP contribution in [-0.4, -0.2) is 38.0 Å². The highest BCUT2D eigenvalue weighted by Gasteiger charge is 2.30. The fraction of sp³-hybridized carbons (Fsp3) is 0.462. The Kier molecular flexibility index (Phi) is 3.91. The molecule has 0 amide bonds. The molecule has 1 aromatic carbocycles. The van der Waals surface area contributed by atoms with Crippen molar-refractivity contribution in [2.75, 3.05) is 13.2 Å². The first-order valence-electron chi connectivity index (χ1n) is 6.08. The summed E-state index contributed by atoms with van der Waals surface area (Å²) in [6.45, 7) is 2.51. The highest BCUT2D eigenvalue weighted by molar-refractivity contribution is 7.92. The molecule has 1 aliphatic heterocycles. The molecule has 104 valence electrons. The zero-order valence-electron chi connectivity index (χ0n) is 10.6. The maximum absolute atomic E-state index is 12.4. The third-order valence-corrected chi connectivity index (χ3v) is 5.64. The van der Waals surface area contributed by atoms with E-state index in [4.69, 9.17) is 9.84 Å². The first kappa shape index (κ1) is 14.0. The van der Waals surface area contributed by atoms with E-state index in [1.54, 1.807) is 6.92 Å². The number of aromatic carboxylic acids is 1. The SMILES string of the molecule is Cc1ccc(S(=O)(=O)C2CCOCC2)cc1C(=O)O. The van der Waals surface area contributed by atoms with Gasteiger partial charge in [0.15, 0.2) is 9.84 Å². The molecule has 0 aliphatic carbocycles. The van der Waals surface area contributed by atoms with Crippen LogP contribution in [0.2, 0.25) is 0 Å². The molecule has 1 heterocycles. The van der Waals surface area contributed by atoms with E-state index in [1.165, 1.54) is 18.2 Å². The van der Waals surface area contributed by atoms with Gasteiger partial charge in [-0.2, -0.15) is 0 Å². The molecule has 0 radical (unpaired) electrons. The van der Waals surface area contributed by atoms with Crippen molar-refractivity contribution in [3.63, 3.8) is 0 Å². The van der Waals surface area contributed by atoms with Crippen molar-refractivity contribution in [1.29, 1.82) is 0 Å². The zero-order valence-corrected chi connectivity index (χ0v) is 11.4. The lowest BCUT2D eigenvalue weighted by Crippen LogP contribution is -2.29. The number of sulfone groups is 1. The molecule has 5 nitrogen and oxygen atoms in total. The fourth-order valence-corrected chi connectivity index (χ4v) is 3.92. The van der Waals surface area contributed by atoms with Crippen LogP contribution in [0.1, 0.15) is 28.8 Å². The lowest BCUT2D eigenvalue weighted by molar-refractivity contribution is 0.0695. The molecule has 1 saturated heterocycles. The topological polar surface area (TPSA) is 80.7 Å². The van der Waals surface area contributed by atoms with Crippen molar-refractivity contribution < 1.29 is 23.1 Å². The summed E-state index contributed by atoms with van der Waals surface area (Å²) in [6, 6.07) is 4.27. The average Bonchev–Trinajstić information content (AvgIpc) is 2.39. The minimum atomic E-state index is -3.48. The second-order valence-electron chi connectivity index (χ2n) is 4.64. The molecule has 1 aliphatic rings. The zero-order chi connectivity index (χ0) is 14.0. The second-order valence-corrected chi connectivity index (χ2v) is 6.87. The summed E-state index contributed by atoms with van der Waals surface area (Å²) in [6.07, 6.45) is 0.914. The van der Waals surface area contributed by atoms with Gasteiger partial charge in [0.05, 0.1) is 15.7 Å². The van der Waals surface area contributed by atoms with Crippen LogP contribution in [0.3, 0.4) is 0 Å². The highest BCUT2D eigenvalue weighted by atomic mass is 32.2. The van der Waals surface area contributed by atoms with E-state index in [-0.39, 0.29) is 10.5 Å². The number of ether oxygens (including phenoxy) is 1. The summed E-state index contributed by atoms with van der Waals surface area (Å²) >= 11 is 0. The monoisotopic (exact) mass is 284 g/mol. The van der Waals surface area contributed by atoms with Crippen LogP contribution in [-0.2, 0) is 14.6 Å². The first-order chi connectivity index (χ1) is 8.93. The molecule has 0 atom stereocenters. The lowest BCUT2D eigenvalue weighted by atomic mass is 10.1. The van der Waals surface area contributed by atoms with E-state index in [0.717, 1.165) is 0 Å². The van der Waals surface area contributed by atoms with Crippen LogP contribution in [0.4, 0.5) is 0 Å². The molecule has 1 fully saturated rings. The summed E-state index contributed by atoms with van der Waals surface area (Å²) < 4.78 is 30.0. The predicted molar refractivity (Wildman–Crippen MR) is 69.2 cm³/mol. The van der Waals surface area contributed by atoms with Crippen LogP contribution >= 0.6 is 0 Å². The summed E-state index contributed by atoms with van der Waals surface area (Å²) in [5, 5.41) is 8.57. The van der Waals surface area contributed by atoms with Crippen molar-refractivity contribution >= 4 is 15.8 Å². The van der Waals surface area contributed by atoms with E-state index in [9.17, 15) is 13.2 Å². The summed E-state index contributed by atoms with van der Waals surface area (Å²) in [4.78, 5) is 11.1. The van der Waals surface area contributed by atoms with Gasteiger partial charge in [-0.25, -0.2) is 13.2 Å². The molecular weight excluding hydrogens is 268 g/mol. The van der Waals surface area contributed by atoms with Gasteiger partial charge >= 0.3 is 5.97 Å². The largest absolute Gasteiger partial charge is 0.478 e. The Morgan fingerprint density at radius 1 is 1.32 bits per heavy atom. The fourth-order valence-electron chi connectivity index (χ4n) is 2.19. The Bertz CT molecular complexity index is 585. The van der Waals surface area contributed by atoms with Crippen LogP contribution in [0.15, 0.2) is 23.1 Å². The number of carbonyl (C=O) groups is 1. The Morgan fingerprint density at radius 3 is 2.53 bits per heavy atom. The quantitative estimate of drug-likeness (QED) is 0.912. The Labute approximate surface area is 112 Å². The van der Waals surface area contributed by atoms with Gasteiger partial charge in [-0.3, -0.25) is 0 Å². The molecule has 1 aromatic rings. The van der Waals surface area contributed by atoms with Crippen LogP contribution < -0.4 is 0 Å². The van der Waals surface area contributed by atoms with E-state index in [0.29, 0.717) is 31.6 Å². The van der Waals surface area contributed by atoms with Gasteiger partial charge in [-0.15, -0.1) is 0 Å². The number of carboxylic acids is 1. The number of rotatable bonds is 3. The average molecular weight is 284 g/mol. The summed E-state index contributed by atoms with van der Waals surface area (Å²) in [7, 11) is -3.48. The van der Waals surface area contributed by atoms with Gasteiger partial charge in [0, 0.05) is 13.2 Å². The number of benzene rings is 1. The minimum Gasteiger partial charge on any atom is -0.478 e. The Morgan fingerprint density at radius 2 is 1.95 bits per heavy atom. The molecule has 0 bridgehead atoms. The third kappa shape index (κ3) is 2.79. The number of hydrogen-bond acceptors (Lipinski definition) is 4. The molecule has 0 unspecified atom stereocenters. The molecular formula is C13H16O5S. The smallest absolute Gasteiger partial charge is 0.335 e. The molecule has 1 N–H and O–H groups in total. The molecule has 2 rings (SSSR count). The van der Waals surface area contributed by atoms with Crippen molar-refractivity contribution in [3.05, 3.63) is 29.3 Å². The van der Waals surface area contributed by atoms with Crippen molar-refractivity contribution in [2.45, 2.75) is 29.9 Å². The van der Waals surface area contributed by atoms with Crippen molar-refractivity contribution in [2.24, 2.45) is 0 Å². The molecule has 19 heavy (non-hydrogen) atoms. The van der Waals surface area contributed by atoms with Gasteiger partial charge in [0.2, 0.25) is 0 Å². The molecule has 0 saturated carbocycles. The normalized spacial score (nSPS) is 17.3. The molecule has 0 aromatic heterocycles. The van der Waals surface area contributed by atoms with Gasteiger partial charge in [-0.1, -0.05) is 6.07 Å². The third-order valence-electron chi connectivity index (χ3n) is 3.38. The number of hydrogen-bond donors (Lipinski definition) is 1. The van der Waals surface area contributed by atoms with Gasteiger partial charge in [0.1, 0.15) is 0 Å². The minimum absolute atomic E-state index is 0.0353. The van der Waals surface area contributed by atoms with Gasteiger partial charge in [-0.05, 0) is 37.5 Å². The summed E-state index contributed by atoms with van der Waals surface area (Å²) in [5.41, 5.74) is 0.589. The molecule has 6 heteroatoms. The Hall–Kier alpha value is -1.40. The highest BCUT2D eigenvalue weighted by Crippen LogP contribution is 2.25. The molecule has 0 spiro atoms. The van der Waals surface area contributed by atoms with E-state index < -0.39 is 21.1 Å². The number of aryl methyl sites for hydroxylation is 1. The van der Waals surface area contributed by atoms with E-state index >= 15 is 0 Å². The van der Waals surface area contributed by atoms with Gasteiger partial charge < -0.3 is 9.84 Å². The predicted octanol–water partition coefficient (Wildman–Crippen LogP) is 1.65.